The van der Waals surface area contributed by atoms with Crippen LogP contribution in [0.1, 0.15) is 37.3 Å². The van der Waals surface area contributed by atoms with Gasteiger partial charge < -0.3 is 19.7 Å². The molecule has 2 aromatic rings. The number of hydrogen-bond acceptors (Lipinski definition) is 5. The average Bonchev–Trinajstić information content (AvgIpc) is 3.05. The molecule has 0 bridgehead atoms. The van der Waals surface area contributed by atoms with Crippen LogP contribution >= 0.6 is 0 Å². The first-order valence-electron chi connectivity index (χ1n) is 12.7. The molecule has 1 fully saturated rings. The van der Waals surface area contributed by atoms with Gasteiger partial charge in [-0.15, -0.1) is 0 Å². The van der Waals surface area contributed by atoms with E-state index >= 15 is 0 Å². The van der Waals surface area contributed by atoms with Crippen molar-refractivity contribution in [3.05, 3.63) is 59.7 Å². The van der Waals surface area contributed by atoms with E-state index in [-0.39, 0.29) is 12.0 Å². The topological polar surface area (TPSA) is 54.0 Å². The van der Waals surface area contributed by atoms with Gasteiger partial charge in [0.05, 0.1) is 13.7 Å². The molecule has 2 aliphatic rings. The molecule has 2 aromatic carbocycles. The van der Waals surface area contributed by atoms with Gasteiger partial charge in [0.15, 0.2) is 0 Å². The van der Waals surface area contributed by atoms with Crippen molar-refractivity contribution >= 4 is 5.91 Å². The maximum absolute atomic E-state index is 12.9. The zero-order chi connectivity index (χ0) is 23.8. The molecule has 2 heterocycles. The highest BCUT2D eigenvalue weighted by atomic mass is 16.5. The second-order valence-corrected chi connectivity index (χ2v) is 9.64. The predicted octanol–water partition coefficient (Wildman–Crippen LogP) is 3.74. The van der Waals surface area contributed by atoms with Crippen LogP contribution in [0.4, 0.5) is 0 Å². The van der Waals surface area contributed by atoms with Crippen molar-refractivity contribution in [3.8, 4) is 11.5 Å². The molecule has 2 aliphatic heterocycles. The first kappa shape index (κ1) is 24.6. The van der Waals surface area contributed by atoms with Gasteiger partial charge in [0.25, 0.3) is 0 Å². The van der Waals surface area contributed by atoms with Crippen molar-refractivity contribution in [1.29, 1.82) is 0 Å². The molecule has 4 rings (SSSR count). The Hall–Kier alpha value is -2.57. The van der Waals surface area contributed by atoms with Crippen LogP contribution in [-0.4, -0.2) is 68.2 Å². The zero-order valence-corrected chi connectivity index (χ0v) is 20.7. The Kier molecular flexibility index (Phi) is 8.83. The number of piperidine rings is 1. The highest BCUT2D eigenvalue weighted by Gasteiger charge is 2.25. The number of likely N-dealkylation sites (tertiary alicyclic amines) is 1. The van der Waals surface area contributed by atoms with Crippen LogP contribution < -0.4 is 14.8 Å². The second-order valence-electron chi connectivity index (χ2n) is 9.64. The minimum absolute atomic E-state index is 0.0824. The van der Waals surface area contributed by atoms with E-state index in [1.165, 1.54) is 18.4 Å². The molecule has 2 unspecified atom stereocenters. The molecule has 0 spiro atoms. The Balaban J connectivity index is 1.25. The number of carbonyl (C=O) groups is 1. The number of amides is 1. The molecule has 34 heavy (non-hydrogen) atoms. The van der Waals surface area contributed by atoms with Crippen LogP contribution in [0, 0.1) is 5.92 Å². The molecule has 1 saturated heterocycles. The molecule has 0 saturated carbocycles. The van der Waals surface area contributed by atoms with Gasteiger partial charge in [-0.2, -0.15) is 0 Å². The third kappa shape index (κ3) is 6.97. The van der Waals surface area contributed by atoms with E-state index in [0.29, 0.717) is 19.0 Å². The fourth-order valence-electron chi connectivity index (χ4n) is 5.03. The normalized spacial score (nSPS) is 21.2. The number of nitrogens with zero attached hydrogens (tertiary/aromatic N) is 2. The summed E-state index contributed by atoms with van der Waals surface area (Å²) in [7, 11) is 1.67. The minimum Gasteiger partial charge on any atom is -0.497 e. The van der Waals surface area contributed by atoms with Crippen molar-refractivity contribution < 1.29 is 14.3 Å². The summed E-state index contributed by atoms with van der Waals surface area (Å²) in [6, 6.07) is 16.6. The Morgan fingerprint density at radius 2 is 2.00 bits per heavy atom. The zero-order valence-electron chi connectivity index (χ0n) is 20.7. The summed E-state index contributed by atoms with van der Waals surface area (Å²) in [5.41, 5.74) is 2.47. The lowest BCUT2D eigenvalue weighted by Crippen LogP contribution is -2.44. The fourth-order valence-corrected chi connectivity index (χ4v) is 5.03. The monoisotopic (exact) mass is 465 g/mol. The van der Waals surface area contributed by atoms with E-state index in [0.717, 1.165) is 62.6 Å². The van der Waals surface area contributed by atoms with Gasteiger partial charge in [-0.25, -0.2) is 0 Å². The van der Waals surface area contributed by atoms with Gasteiger partial charge in [0.2, 0.25) is 5.91 Å². The molecule has 184 valence electrons. The van der Waals surface area contributed by atoms with Crippen molar-refractivity contribution in [2.45, 2.75) is 45.3 Å². The maximum atomic E-state index is 12.9. The average molecular weight is 466 g/mol. The minimum atomic E-state index is 0.0824. The van der Waals surface area contributed by atoms with Gasteiger partial charge in [0, 0.05) is 38.3 Å². The van der Waals surface area contributed by atoms with E-state index < -0.39 is 0 Å². The Labute approximate surface area is 204 Å². The van der Waals surface area contributed by atoms with Crippen LogP contribution in [-0.2, 0) is 17.8 Å². The second kappa shape index (κ2) is 12.2. The van der Waals surface area contributed by atoms with Gasteiger partial charge in [-0.3, -0.25) is 9.69 Å². The Morgan fingerprint density at radius 1 is 1.15 bits per heavy atom. The van der Waals surface area contributed by atoms with Crippen LogP contribution in [0.3, 0.4) is 0 Å². The summed E-state index contributed by atoms with van der Waals surface area (Å²) < 4.78 is 11.6. The molecule has 1 amide bonds. The first-order chi connectivity index (χ1) is 16.6. The summed E-state index contributed by atoms with van der Waals surface area (Å²) in [4.78, 5) is 17.6. The van der Waals surface area contributed by atoms with Gasteiger partial charge in [0.1, 0.15) is 17.6 Å². The van der Waals surface area contributed by atoms with Crippen LogP contribution in [0.15, 0.2) is 48.5 Å². The van der Waals surface area contributed by atoms with Crippen molar-refractivity contribution in [2.24, 2.45) is 5.92 Å². The smallest absolute Gasteiger partial charge is 0.234 e. The lowest BCUT2D eigenvalue weighted by atomic mass is 9.97. The third-order valence-electron chi connectivity index (χ3n) is 6.99. The molecule has 0 aromatic heterocycles. The van der Waals surface area contributed by atoms with Crippen LogP contribution in [0.5, 0.6) is 11.5 Å². The fraction of sp³-hybridized carbons (Fsp3) is 0.536. The number of ether oxygens (including phenoxy) is 2. The molecule has 0 aliphatic carbocycles. The quantitative estimate of drug-likeness (QED) is 0.612. The first-order valence-corrected chi connectivity index (χ1v) is 12.7. The number of fused-ring (bicyclic) bond motifs is 1. The molecule has 0 radical (unpaired) electrons. The number of hydrogen-bond donors (Lipinski definition) is 1. The summed E-state index contributed by atoms with van der Waals surface area (Å²) in [6.07, 6.45) is 4.46. The van der Waals surface area contributed by atoms with E-state index in [1.54, 1.807) is 7.11 Å². The standard InChI is InChI=1S/C28H39N3O3/c1-3-25-20-31(19-24-16-26(33-2)11-12-27(24)34-25)21-28(32)29-17-23-10-7-14-30(18-23)15-13-22-8-5-4-6-9-22/h4-6,8-9,11-12,16,23,25H,3,7,10,13-15,17-21H2,1-2H3,(H,29,32). The summed E-state index contributed by atoms with van der Waals surface area (Å²) in [5, 5.41) is 3.22. The highest BCUT2D eigenvalue weighted by Crippen LogP contribution is 2.29. The number of benzene rings is 2. The number of nitrogens with one attached hydrogen (secondary N) is 1. The van der Waals surface area contributed by atoms with Crippen molar-refractivity contribution in [3.63, 3.8) is 0 Å². The van der Waals surface area contributed by atoms with Crippen molar-refractivity contribution in [1.82, 2.24) is 15.1 Å². The number of rotatable bonds is 9. The third-order valence-corrected chi connectivity index (χ3v) is 6.99. The summed E-state index contributed by atoms with van der Waals surface area (Å²) in [5.74, 6) is 2.33. The summed E-state index contributed by atoms with van der Waals surface area (Å²) in [6.45, 7) is 8.02. The number of methoxy groups -OCH3 is 1. The van der Waals surface area contributed by atoms with E-state index in [2.05, 4.69) is 52.4 Å². The summed E-state index contributed by atoms with van der Waals surface area (Å²) >= 11 is 0. The molecule has 6 nitrogen and oxygen atoms in total. The van der Waals surface area contributed by atoms with Gasteiger partial charge in [-0.1, -0.05) is 37.3 Å². The van der Waals surface area contributed by atoms with E-state index in [1.807, 2.05) is 18.2 Å². The van der Waals surface area contributed by atoms with Crippen molar-refractivity contribution in [2.75, 3.05) is 46.4 Å². The molecular formula is C28H39N3O3. The molecular weight excluding hydrogens is 426 g/mol. The highest BCUT2D eigenvalue weighted by molar-refractivity contribution is 5.78. The largest absolute Gasteiger partial charge is 0.497 e. The molecule has 6 heteroatoms. The maximum Gasteiger partial charge on any atom is 0.234 e. The number of carbonyl (C=O) groups excluding carboxylic acids is 1. The molecule has 1 N–H and O–H groups in total. The van der Waals surface area contributed by atoms with E-state index in [9.17, 15) is 4.79 Å². The van der Waals surface area contributed by atoms with Gasteiger partial charge >= 0.3 is 0 Å². The lowest BCUT2D eigenvalue weighted by Gasteiger charge is -2.33. The Bertz CT molecular complexity index is 920. The van der Waals surface area contributed by atoms with Crippen LogP contribution in [0.25, 0.3) is 0 Å². The van der Waals surface area contributed by atoms with Gasteiger partial charge in [-0.05, 0) is 61.9 Å². The predicted molar refractivity (Wildman–Crippen MR) is 135 cm³/mol. The van der Waals surface area contributed by atoms with Crippen LogP contribution in [0.2, 0.25) is 0 Å². The Morgan fingerprint density at radius 3 is 2.79 bits per heavy atom. The lowest BCUT2D eigenvalue weighted by molar-refractivity contribution is -0.122. The van der Waals surface area contributed by atoms with E-state index in [4.69, 9.17) is 9.47 Å². The molecule has 2 atom stereocenters. The SMILES string of the molecule is CCC1CN(CC(=O)NCC2CCCN(CCc3ccccc3)C2)Cc2cc(OC)ccc2O1.